The molecule has 1 unspecified atom stereocenters. The minimum absolute atomic E-state index is 0.0224. The van der Waals surface area contributed by atoms with E-state index < -0.39 is 0 Å². The molecule has 0 spiro atoms. The van der Waals surface area contributed by atoms with Crippen molar-refractivity contribution in [2.45, 2.75) is 33.2 Å². The van der Waals surface area contributed by atoms with E-state index in [1.807, 2.05) is 20.2 Å². The predicted molar refractivity (Wildman–Crippen MR) is 74.8 cm³/mol. The van der Waals surface area contributed by atoms with E-state index >= 15 is 0 Å². The molecular weight excluding hydrogens is 226 g/mol. The van der Waals surface area contributed by atoms with Gasteiger partial charge in [-0.05, 0) is 31.4 Å². The first-order valence-electron chi connectivity index (χ1n) is 6.36. The molecule has 0 saturated heterocycles. The molecule has 0 radical (unpaired) electrons. The average Bonchev–Trinajstić information content (AvgIpc) is 2.36. The Morgan fingerprint density at radius 3 is 2.50 bits per heavy atom. The van der Waals surface area contributed by atoms with Gasteiger partial charge in [-0.2, -0.15) is 0 Å². The molecule has 4 heteroatoms. The largest absolute Gasteiger partial charge is 0.387 e. The molecule has 0 saturated carbocycles. The van der Waals surface area contributed by atoms with Gasteiger partial charge >= 0.3 is 0 Å². The Morgan fingerprint density at radius 1 is 1.39 bits per heavy atom. The van der Waals surface area contributed by atoms with Crippen LogP contribution in [0.3, 0.4) is 0 Å². The highest BCUT2D eigenvalue weighted by Crippen LogP contribution is 2.13. The lowest BCUT2D eigenvalue weighted by Crippen LogP contribution is -2.36. The molecular formula is C14H23N3O. The van der Waals surface area contributed by atoms with Gasteiger partial charge in [0.1, 0.15) is 5.69 Å². The molecule has 1 rings (SSSR count). The Hall–Kier alpha value is -1.58. The number of rotatable bonds is 5. The van der Waals surface area contributed by atoms with Crippen LogP contribution in [0.15, 0.2) is 18.3 Å². The van der Waals surface area contributed by atoms with Crippen LogP contribution < -0.4 is 5.32 Å². The molecule has 1 atom stereocenters. The molecule has 18 heavy (non-hydrogen) atoms. The smallest absolute Gasteiger partial charge is 0.272 e. The number of hydrogen-bond donors (Lipinski definition) is 1. The zero-order valence-corrected chi connectivity index (χ0v) is 11.9. The summed E-state index contributed by atoms with van der Waals surface area (Å²) in [5, 5.41) is 2.98. The SMILES string of the molecule is CNc1ccc(C(=O)N(C)C(C)CC(C)C)nc1. The lowest BCUT2D eigenvalue weighted by Gasteiger charge is -2.26. The second-order valence-electron chi connectivity index (χ2n) is 5.08. The van der Waals surface area contributed by atoms with E-state index in [0.29, 0.717) is 11.6 Å². The summed E-state index contributed by atoms with van der Waals surface area (Å²) in [6, 6.07) is 3.84. The third-order valence-electron chi connectivity index (χ3n) is 3.07. The molecule has 1 heterocycles. The number of nitrogens with one attached hydrogen (secondary N) is 1. The van der Waals surface area contributed by atoms with Gasteiger partial charge in [-0.15, -0.1) is 0 Å². The van der Waals surface area contributed by atoms with Crippen LogP contribution in [-0.4, -0.2) is 35.9 Å². The standard InChI is InChI=1S/C14H23N3O/c1-10(2)8-11(3)17(5)14(18)13-7-6-12(15-4)9-16-13/h6-7,9-11,15H,8H2,1-5H3. The highest BCUT2D eigenvalue weighted by atomic mass is 16.2. The van der Waals surface area contributed by atoms with Crippen LogP contribution in [0.1, 0.15) is 37.7 Å². The molecule has 0 aliphatic heterocycles. The minimum atomic E-state index is -0.0224. The van der Waals surface area contributed by atoms with E-state index in [-0.39, 0.29) is 11.9 Å². The Labute approximate surface area is 109 Å². The first-order chi connectivity index (χ1) is 8.45. The van der Waals surface area contributed by atoms with Crippen molar-refractivity contribution >= 4 is 11.6 Å². The van der Waals surface area contributed by atoms with E-state index in [9.17, 15) is 4.79 Å². The summed E-state index contributed by atoms with van der Waals surface area (Å²) in [6.45, 7) is 6.39. The number of amides is 1. The number of pyridine rings is 1. The molecule has 0 aliphatic carbocycles. The summed E-state index contributed by atoms with van der Waals surface area (Å²) in [7, 11) is 3.67. The number of carbonyl (C=O) groups is 1. The maximum atomic E-state index is 12.2. The van der Waals surface area contributed by atoms with Gasteiger partial charge in [-0.25, -0.2) is 4.98 Å². The molecule has 4 nitrogen and oxygen atoms in total. The fraction of sp³-hybridized carbons (Fsp3) is 0.571. The van der Waals surface area contributed by atoms with Crippen molar-refractivity contribution in [2.75, 3.05) is 19.4 Å². The summed E-state index contributed by atoms with van der Waals surface area (Å²) in [6.07, 6.45) is 2.67. The molecule has 100 valence electrons. The van der Waals surface area contributed by atoms with Crippen LogP contribution in [0.2, 0.25) is 0 Å². The van der Waals surface area contributed by atoms with E-state index in [1.165, 1.54) is 0 Å². The van der Waals surface area contributed by atoms with E-state index in [0.717, 1.165) is 12.1 Å². The third-order valence-corrected chi connectivity index (χ3v) is 3.07. The maximum absolute atomic E-state index is 12.2. The van der Waals surface area contributed by atoms with Gasteiger partial charge in [0.2, 0.25) is 0 Å². The Morgan fingerprint density at radius 2 is 2.06 bits per heavy atom. The summed E-state index contributed by atoms with van der Waals surface area (Å²) < 4.78 is 0. The monoisotopic (exact) mass is 249 g/mol. The van der Waals surface area contributed by atoms with Crippen LogP contribution in [0.5, 0.6) is 0 Å². The predicted octanol–water partition coefficient (Wildman–Crippen LogP) is 2.63. The van der Waals surface area contributed by atoms with Crippen molar-refractivity contribution in [2.24, 2.45) is 5.92 Å². The lowest BCUT2D eigenvalue weighted by molar-refractivity contribution is 0.0722. The Bertz CT molecular complexity index is 387. The van der Waals surface area contributed by atoms with Crippen molar-refractivity contribution in [3.8, 4) is 0 Å². The van der Waals surface area contributed by atoms with Gasteiger partial charge in [0.25, 0.3) is 5.91 Å². The highest BCUT2D eigenvalue weighted by Gasteiger charge is 2.19. The fourth-order valence-electron chi connectivity index (χ4n) is 1.89. The van der Waals surface area contributed by atoms with E-state index in [2.05, 4.69) is 31.1 Å². The third kappa shape index (κ3) is 3.72. The van der Waals surface area contributed by atoms with Crippen molar-refractivity contribution < 1.29 is 4.79 Å². The van der Waals surface area contributed by atoms with Gasteiger partial charge < -0.3 is 10.2 Å². The van der Waals surface area contributed by atoms with E-state index in [1.54, 1.807) is 17.2 Å². The Balaban J connectivity index is 2.73. The van der Waals surface area contributed by atoms with E-state index in [4.69, 9.17) is 0 Å². The molecule has 1 aromatic heterocycles. The minimum Gasteiger partial charge on any atom is -0.387 e. The normalized spacial score (nSPS) is 12.3. The van der Waals surface area contributed by atoms with Crippen LogP contribution >= 0.6 is 0 Å². The quantitative estimate of drug-likeness (QED) is 0.872. The summed E-state index contributed by atoms with van der Waals surface area (Å²) in [4.78, 5) is 18.2. The number of aromatic nitrogens is 1. The number of nitrogens with zero attached hydrogens (tertiary/aromatic N) is 2. The summed E-state index contributed by atoms with van der Waals surface area (Å²) in [5.74, 6) is 0.556. The number of carbonyl (C=O) groups excluding carboxylic acids is 1. The van der Waals surface area contributed by atoms with Crippen molar-refractivity contribution in [3.05, 3.63) is 24.0 Å². The van der Waals surface area contributed by atoms with Gasteiger partial charge in [0.15, 0.2) is 0 Å². The maximum Gasteiger partial charge on any atom is 0.272 e. The Kier molecular flexibility index (Phi) is 5.13. The van der Waals surface area contributed by atoms with Gasteiger partial charge in [-0.3, -0.25) is 4.79 Å². The van der Waals surface area contributed by atoms with Crippen LogP contribution in [0.25, 0.3) is 0 Å². The van der Waals surface area contributed by atoms with Gasteiger partial charge in [0, 0.05) is 20.1 Å². The summed E-state index contributed by atoms with van der Waals surface area (Å²) in [5.41, 5.74) is 1.40. The second kappa shape index (κ2) is 6.38. The van der Waals surface area contributed by atoms with Crippen LogP contribution in [0.4, 0.5) is 5.69 Å². The highest BCUT2D eigenvalue weighted by molar-refractivity contribution is 5.92. The fourth-order valence-corrected chi connectivity index (χ4v) is 1.89. The topological polar surface area (TPSA) is 45.2 Å². The van der Waals surface area contributed by atoms with Crippen molar-refractivity contribution in [3.63, 3.8) is 0 Å². The lowest BCUT2D eigenvalue weighted by atomic mass is 10.0. The van der Waals surface area contributed by atoms with Crippen molar-refractivity contribution in [1.29, 1.82) is 0 Å². The molecule has 0 fully saturated rings. The number of anilines is 1. The first-order valence-corrected chi connectivity index (χ1v) is 6.36. The zero-order chi connectivity index (χ0) is 13.7. The molecule has 1 aromatic rings. The molecule has 1 amide bonds. The molecule has 0 aromatic carbocycles. The first kappa shape index (κ1) is 14.5. The summed E-state index contributed by atoms with van der Waals surface area (Å²) >= 11 is 0. The van der Waals surface area contributed by atoms with Gasteiger partial charge in [-0.1, -0.05) is 13.8 Å². The van der Waals surface area contributed by atoms with Crippen LogP contribution in [-0.2, 0) is 0 Å². The van der Waals surface area contributed by atoms with Gasteiger partial charge in [0.05, 0.1) is 11.9 Å². The van der Waals surface area contributed by atoms with Crippen molar-refractivity contribution in [1.82, 2.24) is 9.88 Å². The average molecular weight is 249 g/mol. The molecule has 0 aliphatic rings. The number of hydrogen-bond acceptors (Lipinski definition) is 3. The van der Waals surface area contributed by atoms with Crippen LogP contribution in [0, 0.1) is 5.92 Å². The molecule has 0 bridgehead atoms. The zero-order valence-electron chi connectivity index (χ0n) is 11.9. The second-order valence-corrected chi connectivity index (χ2v) is 5.08. The molecule has 1 N–H and O–H groups in total.